The molecule has 1 aromatic carbocycles. The normalized spacial score (nSPS) is 24.1. The molecule has 1 aromatic rings. The van der Waals surface area contributed by atoms with Gasteiger partial charge in [0.2, 0.25) is 5.91 Å². The summed E-state index contributed by atoms with van der Waals surface area (Å²) in [6, 6.07) is 7.01. The number of rotatable bonds is 4. The summed E-state index contributed by atoms with van der Waals surface area (Å²) < 4.78 is 13.9. The molecule has 0 aromatic heterocycles. The summed E-state index contributed by atoms with van der Waals surface area (Å²) in [7, 11) is 0. The number of carbonyl (C=O) groups excluding carboxylic acids is 1. The molecule has 2 aliphatic rings. The average molecular weight is 290 g/mol. The largest absolute Gasteiger partial charge is 0.354 e. The third kappa shape index (κ3) is 3.10. The van der Waals surface area contributed by atoms with Gasteiger partial charge in [-0.2, -0.15) is 0 Å². The van der Waals surface area contributed by atoms with Crippen molar-refractivity contribution in [3.63, 3.8) is 0 Å². The van der Waals surface area contributed by atoms with E-state index in [2.05, 4.69) is 10.6 Å². The highest BCUT2D eigenvalue weighted by Crippen LogP contribution is 2.49. The topological polar surface area (TPSA) is 41.1 Å². The van der Waals surface area contributed by atoms with Crippen molar-refractivity contribution in [3.8, 4) is 0 Å². The number of benzene rings is 1. The summed E-state index contributed by atoms with van der Waals surface area (Å²) >= 11 is 0. The van der Waals surface area contributed by atoms with Crippen molar-refractivity contribution in [2.24, 2.45) is 0 Å². The van der Waals surface area contributed by atoms with Crippen LogP contribution in [0.5, 0.6) is 0 Å². The van der Waals surface area contributed by atoms with Crippen LogP contribution in [0.15, 0.2) is 24.3 Å². The van der Waals surface area contributed by atoms with Crippen molar-refractivity contribution in [2.75, 3.05) is 13.1 Å². The van der Waals surface area contributed by atoms with E-state index in [0.29, 0.717) is 18.2 Å². The molecular weight excluding hydrogens is 267 g/mol. The summed E-state index contributed by atoms with van der Waals surface area (Å²) in [6.07, 6.45) is 6.29. The second kappa shape index (κ2) is 6.14. The molecule has 1 saturated carbocycles. The molecule has 1 saturated heterocycles. The van der Waals surface area contributed by atoms with Crippen LogP contribution >= 0.6 is 0 Å². The molecule has 2 fully saturated rings. The molecule has 4 heteroatoms. The Bertz CT molecular complexity index is 505. The van der Waals surface area contributed by atoms with Gasteiger partial charge in [-0.25, -0.2) is 4.39 Å². The van der Waals surface area contributed by atoms with Crippen molar-refractivity contribution in [3.05, 3.63) is 35.6 Å². The van der Waals surface area contributed by atoms with E-state index in [-0.39, 0.29) is 11.7 Å². The first kappa shape index (κ1) is 14.5. The van der Waals surface area contributed by atoms with E-state index in [1.54, 1.807) is 18.2 Å². The minimum Gasteiger partial charge on any atom is -0.354 e. The van der Waals surface area contributed by atoms with Crippen molar-refractivity contribution in [2.45, 2.75) is 50.0 Å². The van der Waals surface area contributed by atoms with Crippen LogP contribution < -0.4 is 10.6 Å². The fourth-order valence-electron chi connectivity index (χ4n) is 3.25. The minimum atomic E-state index is -0.615. The Morgan fingerprint density at radius 3 is 2.86 bits per heavy atom. The molecule has 3 rings (SSSR count). The predicted octanol–water partition coefficient (Wildman–Crippen LogP) is 2.51. The zero-order valence-corrected chi connectivity index (χ0v) is 12.3. The van der Waals surface area contributed by atoms with E-state index >= 15 is 0 Å². The van der Waals surface area contributed by atoms with E-state index < -0.39 is 5.41 Å². The zero-order chi connectivity index (χ0) is 14.7. The smallest absolute Gasteiger partial charge is 0.230 e. The van der Waals surface area contributed by atoms with Crippen LogP contribution in [0, 0.1) is 5.82 Å². The lowest BCUT2D eigenvalue weighted by molar-refractivity contribution is -0.123. The summed E-state index contributed by atoms with van der Waals surface area (Å²) in [5.74, 6) is -0.281. The second-order valence-corrected chi connectivity index (χ2v) is 6.27. The van der Waals surface area contributed by atoms with Crippen molar-refractivity contribution in [1.82, 2.24) is 10.6 Å². The molecule has 21 heavy (non-hydrogen) atoms. The van der Waals surface area contributed by atoms with Gasteiger partial charge in [0, 0.05) is 18.2 Å². The van der Waals surface area contributed by atoms with Gasteiger partial charge < -0.3 is 10.6 Å². The van der Waals surface area contributed by atoms with Gasteiger partial charge in [0.05, 0.1) is 5.41 Å². The Labute approximate surface area is 125 Å². The molecule has 114 valence electrons. The average Bonchev–Trinajstić information content (AvgIpc) is 3.30. The molecule has 1 atom stereocenters. The number of halogens is 1. The molecule has 0 radical (unpaired) electrons. The van der Waals surface area contributed by atoms with Crippen molar-refractivity contribution in [1.29, 1.82) is 0 Å². The van der Waals surface area contributed by atoms with E-state index in [9.17, 15) is 9.18 Å². The third-order valence-corrected chi connectivity index (χ3v) is 4.75. The highest BCUT2D eigenvalue weighted by atomic mass is 19.1. The van der Waals surface area contributed by atoms with Crippen LogP contribution in [0.1, 0.15) is 44.1 Å². The molecule has 3 nitrogen and oxygen atoms in total. The van der Waals surface area contributed by atoms with Gasteiger partial charge in [0.15, 0.2) is 0 Å². The van der Waals surface area contributed by atoms with E-state index in [0.717, 1.165) is 25.8 Å². The summed E-state index contributed by atoms with van der Waals surface area (Å²) in [4.78, 5) is 12.5. The molecule has 0 bridgehead atoms. The lowest BCUT2D eigenvalue weighted by Gasteiger charge is -2.20. The Morgan fingerprint density at radius 1 is 1.29 bits per heavy atom. The first-order valence-electron chi connectivity index (χ1n) is 7.99. The molecular formula is C17H23FN2O. The standard InChI is InChI=1S/C17H23FN2O/c18-15-8-4-3-7-14(15)17(9-10-17)16(21)20-12-13-6-2-1-5-11-19-13/h3-4,7-8,13,19H,1-2,5-6,9-12H2,(H,20,21). The van der Waals surface area contributed by atoms with Crippen LogP contribution in [0.4, 0.5) is 4.39 Å². The van der Waals surface area contributed by atoms with Gasteiger partial charge in [-0.05, 0) is 38.3 Å². The highest BCUT2D eigenvalue weighted by Gasteiger charge is 2.52. The molecule has 1 heterocycles. The first-order valence-corrected chi connectivity index (χ1v) is 7.99. The van der Waals surface area contributed by atoms with E-state index in [4.69, 9.17) is 0 Å². The van der Waals surface area contributed by atoms with Gasteiger partial charge in [0.1, 0.15) is 5.82 Å². The quantitative estimate of drug-likeness (QED) is 0.894. The number of amides is 1. The number of hydrogen-bond donors (Lipinski definition) is 2. The Morgan fingerprint density at radius 2 is 2.10 bits per heavy atom. The van der Waals surface area contributed by atoms with Gasteiger partial charge in [-0.15, -0.1) is 0 Å². The lowest BCUT2D eigenvalue weighted by atomic mass is 9.94. The summed E-state index contributed by atoms with van der Waals surface area (Å²) in [6.45, 7) is 1.67. The number of carbonyl (C=O) groups is 1. The van der Waals surface area contributed by atoms with Gasteiger partial charge >= 0.3 is 0 Å². The maximum atomic E-state index is 13.9. The fraction of sp³-hybridized carbons (Fsp3) is 0.588. The van der Waals surface area contributed by atoms with E-state index in [1.165, 1.54) is 25.3 Å². The second-order valence-electron chi connectivity index (χ2n) is 6.27. The number of nitrogens with one attached hydrogen (secondary N) is 2. The number of hydrogen-bond acceptors (Lipinski definition) is 2. The molecule has 1 aliphatic carbocycles. The maximum absolute atomic E-state index is 13.9. The van der Waals surface area contributed by atoms with Crippen molar-refractivity contribution >= 4 is 5.91 Å². The summed E-state index contributed by atoms with van der Waals surface area (Å²) in [5, 5.41) is 6.51. The minimum absolute atomic E-state index is 0.0151. The van der Waals surface area contributed by atoms with Crippen LogP contribution in [-0.2, 0) is 10.2 Å². The Balaban J connectivity index is 1.61. The Hall–Kier alpha value is -1.42. The zero-order valence-electron chi connectivity index (χ0n) is 12.3. The van der Waals surface area contributed by atoms with Crippen LogP contribution in [-0.4, -0.2) is 25.0 Å². The molecule has 1 aliphatic heterocycles. The van der Waals surface area contributed by atoms with Crippen LogP contribution in [0.25, 0.3) is 0 Å². The third-order valence-electron chi connectivity index (χ3n) is 4.75. The van der Waals surface area contributed by atoms with Gasteiger partial charge in [-0.1, -0.05) is 31.0 Å². The van der Waals surface area contributed by atoms with Crippen LogP contribution in [0.3, 0.4) is 0 Å². The monoisotopic (exact) mass is 290 g/mol. The predicted molar refractivity (Wildman–Crippen MR) is 80.6 cm³/mol. The molecule has 0 spiro atoms. The highest BCUT2D eigenvalue weighted by molar-refractivity contribution is 5.91. The SMILES string of the molecule is O=C(NCC1CCCCCN1)C1(c2ccccc2F)CC1. The van der Waals surface area contributed by atoms with Crippen molar-refractivity contribution < 1.29 is 9.18 Å². The fourth-order valence-corrected chi connectivity index (χ4v) is 3.25. The molecule has 1 amide bonds. The van der Waals surface area contributed by atoms with Gasteiger partial charge in [-0.3, -0.25) is 4.79 Å². The molecule has 2 N–H and O–H groups in total. The van der Waals surface area contributed by atoms with Crippen LogP contribution in [0.2, 0.25) is 0 Å². The first-order chi connectivity index (χ1) is 10.2. The molecule has 1 unspecified atom stereocenters. The van der Waals surface area contributed by atoms with E-state index in [1.807, 2.05) is 0 Å². The van der Waals surface area contributed by atoms with Gasteiger partial charge in [0.25, 0.3) is 0 Å². The maximum Gasteiger partial charge on any atom is 0.230 e. The Kier molecular flexibility index (Phi) is 4.24. The summed E-state index contributed by atoms with van der Waals surface area (Å²) in [5.41, 5.74) is -0.0629. The lowest BCUT2D eigenvalue weighted by Crippen LogP contribution is -2.44.